The quantitative estimate of drug-likeness (QED) is 0.787. The Labute approximate surface area is 133 Å². The molecule has 0 heterocycles. The molecule has 0 saturated carbocycles. The number of rotatable bonds is 5. The zero-order chi connectivity index (χ0) is 17.2. The molecule has 0 radical (unpaired) electrons. The van der Waals surface area contributed by atoms with Gasteiger partial charge in [-0.2, -0.15) is 0 Å². The number of hydrogen-bond donors (Lipinski definition) is 1. The van der Waals surface area contributed by atoms with Gasteiger partial charge in [0.15, 0.2) is 0 Å². The van der Waals surface area contributed by atoms with Crippen molar-refractivity contribution >= 4 is 16.0 Å². The van der Waals surface area contributed by atoms with E-state index in [0.29, 0.717) is 18.4 Å². The highest BCUT2D eigenvalue weighted by Crippen LogP contribution is 2.25. The van der Waals surface area contributed by atoms with Crippen molar-refractivity contribution < 1.29 is 17.9 Å². The number of sulfonamides is 1. The van der Waals surface area contributed by atoms with Crippen LogP contribution in [0.1, 0.15) is 54.4 Å². The zero-order valence-electron chi connectivity index (χ0n) is 14.3. The summed E-state index contributed by atoms with van der Waals surface area (Å²) in [5.74, 6) is -0.319. The van der Waals surface area contributed by atoms with Gasteiger partial charge in [-0.3, -0.25) is 0 Å². The zero-order valence-corrected chi connectivity index (χ0v) is 15.1. The minimum absolute atomic E-state index is 0.0194. The van der Waals surface area contributed by atoms with Crippen LogP contribution in [0, 0.1) is 0 Å². The predicted molar refractivity (Wildman–Crippen MR) is 87.9 cm³/mol. The van der Waals surface area contributed by atoms with Gasteiger partial charge in [0.25, 0.3) is 0 Å². The lowest BCUT2D eigenvalue weighted by atomic mass is 10.1. The molecule has 0 aromatic rings. The molecule has 5 nitrogen and oxygen atoms in total. The maximum absolute atomic E-state index is 12.0. The van der Waals surface area contributed by atoms with Crippen LogP contribution < -0.4 is 4.72 Å². The molecule has 6 heteroatoms. The summed E-state index contributed by atoms with van der Waals surface area (Å²) in [6.07, 6.45) is 4.40. The van der Waals surface area contributed by atoms with Crippen LogP contribution in [0.25, 0.3) is 0 Å². The molecule has 126 valence electrons. The maximum Gasteiger partial charge on any atom is 0.334 e. The molecule has 1 aliphatic rings. The monoisotopic (exact) mass is 329 g/mol. The molecule has 1 aliphatic carbocycles. The van der Waals surface area contributed by atoms with Crippen LogP contribution in [0.5, 0.6) is 0 Å². The number of hydrogen-bond acceptors (Lipinski definition) is 4. The average Bonchev–Trinajstić information content (AvgIpc) is 2.69. The summed E-state index contributed by atoms with van der Waals surface area (Å²) >= 11 is 0. The van der Waals surface area contributed by atoms with Gasteiger partial charge >= 0.3 is 5.97 Å². The van der Waals surface area contributed by atoms with Crippen molar-refractivity contribution in [1.82, 2.24) is 4.72 Å². The van der Waals surface area contributed by atoms with Gasteiger partial charge in [-0.1, -0.05) is 17.7 Å². The fraction of sp³-hybridized carbons (Fsp3) is 0.688. The lowest BCUT2D eigenvalue weighted by Gasteiger charge is -2.21. The Hall–Kier alpha value is -1.14. The van der Waals surface area contributed by atoms with Crippen molar-refractivity contribution in [2.24, 2.45) is 0 Å². The molecule has 0 saturated heterocycles. The molecule has 22 heavy (non-hydrogen) atoms. The van der Waals surface area contributed by atoms with Crippen molar-refractivity contribution in [3.8, 4) is 0 Å². The molecule has 0 bridgehead atoms. The lowest BCUT2D eigenvalue weighted by molar-refractivity contribution is -0.149. The summed E-state index contributed by atoms with van der Waals surface area (Å²) in [6.45, 7) is 10.9. The molecule has 0 spiro atoms. The van der Waals surface area contributed by atoms with Crippen LogP contribution in [0.15, 0.2) is 23.3 Å². The molecule has 0 fully saturated rings. The Morgan fingerprint density at radius 1 is 1.18 bits per heavy atom. The SMILES string of the molecule is CC(C)(C)NS(=O)(=O)CCC1=CC=C(C(=O)OC(C)(C)C)C1. The first-order valence-corrected chi connectivity index (χ1v) is 9.06. The molecule has 0 atom stereocenters. The topological polar surface area (TPSA) is 72.5 Å². The highest BCUT2D eigenvalue weighted by Gasteiger charge is 2.24. The first-order chi connectivity index (χ1) is 9.77. The molecular weight excluding hydrogens is 302 g/mol. The van der Waals surface area contributed by atoms with Crippen molar-refractivity contribution in [3.63, 3.8) is 0 Å². The number of ether oxygens (including phenoxy) is 1. The minimum atomic E-state index is -3.32. The second-order valence-corrected chi connectivity index (χ2v) is 9.46. The lowest BCUT2D eigenvalue weighted by Crippen LogP contribution is -2.41. The van der Waals surface area contributed by atoms with Gasteiger partial charge in [0.1, 0.15) is 5.60 Å². The second kappa shape index (κ2) is 6.54. The molecule has 1 rings (SSSR count). The van der Waals surface area contributed by atoms with Crippen LogP contribution in [-0.4, -0.2) is 31.3 Å². The molecule has 0 aliphatic heterocycles. The Balaban J connectivity index is 2.49. The number of carbonyl (C=O) groups is 1. The van der Waals surface area contributed by atoms with Crippen molar-refractivity contribution in [1.29, 1.82) is 0 Å². The normalized spacial score (nSPS) is 16.3. The summed E-state index contributed by atoms with van der Waals surface area (Å²) < 4.78 is 31.8. The number of carbonyl (C=O) groups excluding carboxylic acids is 1. The van der Waals surface area contributed by atoms with E-state index in [1.54, 1.807) is 6.08 Å². The first-order valence-electron chi connectivity index (χ1n) is 7.41. The van der Waals surface area contributed by atoms with Gasteiger partial charge in [-0.05, 0) is 48.0 Å². The molecule has 0 aromatic carbocycles. The first kappa shape index (κ1) is 18.9. The largest absolute Gasteiger partial charge is 0.457 e. The van der Waals surface area contributed by atoms with Crippen LogP contribution >= 0.6 is 0 Å². The third kappa shape index (κ3) is 7.22. The average molecular weight is 329 g/mol. The van der Waals surface area contributed by atoms with E-state index in [-0.39, 0.29) is 11.7 Å². The molecular formula is C16H27NO4S. The summed E-state index contributed by atoms with van der Waals surface area (Å²) in [5, 5.41) is 0. The van der Waals surface area contributed by atoms with Crippen molar-refractivity contribution in [2.45, 2.75) is 65.5 Å². The van der Waals surface area contributed by atoms with E-state index in [1.165, 1.54) is 0 Å². The van der Waals surface area contributed by atoms with Gasteiger partial charge in [0, 0.05) is 17.5 Å². The number of esters is 1. The minimum Gasteiger partial charge on any atom is -0.457 e. The van der Waals surface area contributed by atoms with Gasteiger partial charge in [-0.25, -0.2) is 17.9 Å². The van der Waals surface area contributed by atoms with E-state index in [4.69, 9.17) is 4.74 Å². The van der Waals surface area contributed by atoms with Crippen molar-refractivity contribution in [2.75, 3.05) is 5.75 Å². The molecule has 1 N–H and O–H groups in total. The van der Waals surface area contributed by atoms with Gasteiger partial charge in [-0.15, -0.1) is 0 Å². The smallest absolute Gasteiger partial charge is 0.334 e. The Morgan fingerprint density at radius 2 is 1.77 bits per heavy atom. The Kier molecular flexibility index (Phi) is 5.62. The van der Waals surface area contributed by atoms with Gasteiger partial charge in [0.2, 0.25) is 10.0 Å². The van der Waals surface area contributed by atoms with Gasteiger partial charge < -0.3 is 4.74 Å². The van der Waals surface area contributed by atoms with E-state index in [2.05, 4.69) is 4.72 Å². The summed E-state index contributed by atoms with van der Waals surface area (Å²) in [7, 11) is -3.32. The van der Waals surface area contributed by atoms with E-state index in [1.807, 2.05) is 47.6 Å². The second-order valence-electron chi connectivity index (χ2n) is 7.62. The Bertz CT molecular complexity index is 587. The van der Waals surface area contributed by atoms with E-state index in [0.717, 1.165) is 5.57 Å². The number of nitrogens with one attached hydrogen (secondary N) is 1. The van der Waals surface area contributed by atoms with E-state index >= 15 is 0 Å². The fourth-order valence-electron chi connectivity index (χ4n) is 2.02. The van der Waals surface area contributed by atoms with E-state index < -0.39 is 21.2 Å². The molecule has 0 amide bonds. The third-order valence-corrected chi connectivity index (χ3v) is 4.42. The maximum atomic E-state index is 12.0. The van der Waals surface area contributed by atoms with Crippen LogP contribution in [0.2, 0.25) is 0 Å². The third-order valence-electron chi connectivity index (χ3n) is 2.75. The van der Waals surface area contributed by atoms with Crippen LogP contribution in [-0.2, 0) is 19.6 Å². The predicted octanol–water partition coefficient (Wildman–Crippen LogP) is 2.69. The van der Waals surface area contributed by atoms with Crippen LogP contribution in [0.4, 0.5) is 0 Å². The van der Waals surface area contributed by atoms with E-state index in [9.17, 15) is 13.2 Å². The Morgan fingerprint density at radius 3 is 2.27 bits per heavy atom. The molecule has 0 aromatic heterocycles. The fourth-order valence-corrected chi connectivity index (χ4v) is 3.59. The summed E-state index contributed by atoms with van der Waals surface area (Å²) in [6, 6.07) is 0. The standard InChI is InChI=1S/C16H27NO4S/c1-15(2,3)17-22(19,20)10-9-12-7-8-13(11-12)14(18)21-16(4,5)6/h7-8,17H,9-11H2,1-6H3. The summed E-state index contributed by atoms with van der Waals surface area (Å²) in [5.41, 5.74) is 0.495. The number of allylic oxidation sites excluding steroid dienone is 3. The van der Waals surface area contributed by atoms with Gasteiger partial charge in [0.05, 0.1) is 5.75 Å². The van der Waals surface area contributed by atoms with Crippen molar-refractivity contribution in [3.05, 3.63) is 23.3 Å². The molecule has 0 unspecified atom stereocenters. The summed E-state index contributed by atoms with van der Waals surface area (Å²) in [4.78, 5) is 11.9. The highest BCUT2D eigenvalue weighted by molar-refractivity contribution is 7.89. The highest BCUT2D eigenvalue weighted by atomic mass is 32.2. The van der Waals surface area contributed by atoms with Crippen LogP contribution in [0.3, 0.4) is 0 Å².